The van der Waals surface area contributed by atoms with Crippen LogP contribution >= 0.6 is 22.9 Å². The third-order valence-electron chi connectivity index (χ3n) is 7.33. The van der Waals surface area contributed by atoms with E-state index >= 15 is 0 Å². The molecular weight excluding hydrogens is 532 g/mol. The summed E-state index contributed by atoms with van der Waals surface area (Å²) in [5.74, 6) is -0.417. The number of nitrogens with one attached hydrogen (secondary N) is 1. The summed E-state index contributed by atoms with van der Waals surface area (Å²) in [5, 5.41) is 4.88. The van der Waals surface area contributed by atoms with Gasteiger partial charge in [0.05, 0.1) is 30.5 Å². The van der Waals surface area contributed by atoms with Crippen LogP contribution in [0.15, 0.2) is 66.9 Å². The Balaban J connectivity index is 1.43. The van der Waals surface area contributed by atoms with Crippen LogP contribution in [0.2, 0.25) is 5.02 Å². The van der Waals surface area contributed by atoms with Crippen LogP contribution in [-0.2, 0) is 24.2 Å². The Bertz CT molecular complexity index is 1540. The zero-order valence-electron chi connectivity index (χ0n) is 21.8. The fourth-order valence-corrected chi connectivity index (χ4v) is 7.05. The van der Waals surface area contributed by atoms with Crippen LogP contribution in [0.5, 0.6) is 0 Å². The number of hydrogen-bond acceptors (Lipinski definition) is 5. The maximum atomic E-state index is 14.1. The molecule has 1 atom stereocenters. The predicted molar refractivity (Wildman–Crippen MR) is 154 cm³/mol. The molecule has 0 aliphatic carbocycles. The van der Waals surface area contributed by atoms with Gasteiger partial charge in [-0.25, -0.2) is 9.59 Å². The van der Waals surface area contributed by atoms with Crippen molar-refractivity contribution in [2.45, 2.75) is 32.5 Å². The first-order valence-electron chi connectivity index (χ1n) is 13.0. The van der Waals surface area contributed by atoms with Crippen LogP contribution in [0, 0.1) is 0 Å². The standard InChI is InChI=1S/C30H29ClN4O3S/c1-3-38-29(36)20-6-4-7-22(16-20)32-30(37)35-17-24-23-13-15-33(2)18-26(23)39-28(24)34-14-5-8-25(34)27(35)19-9-11-21(31)12-10-19/h4-12,14,16,27H,3,13,15,17-18H2,1-2H3,(H,32,37). The zero-order valence-corrected chi connectivity index (χ0v) is 23.4. The Kier molecular flexibility index (Phi) is 6.93. The monoisotopic (exact) mass is 560 g/mol. The van der Waals surface area contributed by atoms with Gasteiger partial charge >= 0.3 is 12.0 Å². The average molecular weight is 561 g/mol. The summed E-state index contributed by atoms with van der Waals surface area (Å²) in [6.07, 6.45) is 3.05. The number of ether oxygens (including phenoxy) is 1. The molecule has 2 aliphatic rings. The molecular formula is C30H29ClN4O3S. The van der Waals surface area contributed by atoms with Gasteiger partial charge in [-0.2, -0.15) is 0 Å². The van der Waals surface area contributed by atoms with Crippen LogP contribution in [0.25, 0.3) is 5.00 Å². The quantitative estimate of drug-likeness (QED) is 0.290. The molecule has 0 fully saturated rings. The number of likely N-dealkylation sites (N-methyl/N-ethyl adjacent to an activating group) is 1. The number of halogens is 1. The van der Waals surface area contributed by atoms with E-state index in [2.05, 4.69) is 34.1 Å². The van der Waals surface area contributed by atoms with E-state index in [1.54, 1.807) is 31.2 Å². The highest BCUT2D eigenvalue weighted by atomic mass is 35.5. The molecule has 7 nitrogen and oxygen atoms in total. The van der Waals surface area contributed by atoms with Gasteiger partial charge in [-0.3, -0.25) is 0 Å². The van der Waals surface area contributed by atoms with Crippen molar-refractivity contribution in [2.75, 3.05) is 25.5 Å². The maximum Gasteiger partial charge on any atom is 0.338 e. The van der Waals surface area contributed by atoms with E-state index in [4.69, 9.17) is 16.3 Å². The summed E-state index contributed by atoms with van der Waals surface area (Å²) < 4.78 is 7.39. The largest absolute Gasteiger partial charge is 0.462 e. The summed E-state index contributed by atoms with van der Waals surface area (Å²) in [7, 11) is 2.15. The third-order valence-corrected chi connectivity index (χ3v) is 8.84. The smallest absolute Gasteiger partial charge is 0.338 e. The van der Waals surface area contributed by atoms with Gasteiger partial charge in [0.15, 0.2) is 0 Å². The lowest BCUT2D eigenvalue weighted by atomic mass is 10.0. The zero-order chi connectivity index (χ0) is 27.1. The second-order valence-corrected chi connectivity index (χ2v) is 11.4. The summed E-state index contributed by atoms with van der Waals surface area (Å²) in [5.41, 5.74) is 5.47. The van der Waals surface area contributed by atoms with Crippen LogP contribution in [0.1, 0.15) is 50.6 Å². The highest BCUT2D eigenvalue weighted by Crippen LogP contribution is 2.43. The third kappa shape index (κ3) is 4.84. The van der Waals surface area contributed by atoms with Crippen molar-refractivity contribution in [3.05, 3.63) is 105 Å². The Morgan fingerprint density at radius 2 is 1.90 bits per heavy atom. The van der Waals surface area contributed by atoms with Gasteiger partial charge in [0.2, 0.25) is 0 Å². The number of fused-ring (bicyclic) bond motifs is 5. The van der Waals surface area contributed by atoms with E-state index in [0.717, 1.165) is 30.8 Å². The molecule has 0 saturated carbocycles. The summed E-state index contributed by atoms with van der Waals surface area (Å²) >= 11 is 8.06. The summed E-state index contributed by atoms with van der Waals surface area (Å²) in [4.78, 5) is 32.0. The van der Waals surface area contributed by atoms with Gasteiger partial charge in [-0.15, -0.1) is 11.3 Å². The van der Waals surface area contributed by atoms with E-state index in [0.29, 0.717) is 22.8 Å². The molecule has 0 bridgehead atoms. The van der Waals surface area contributed by atoms with Crippen molar-refractivity contribution in [1.82, 2.24) is 14.4 Å². The van der Waals surface area contributed by atoms with Crippen molar-refractivity contribution in [1.29, 1.82) is 0 Å². The molecule has 0 spiro atoms. The van der Waals surface area contributed by atoms with E-state index < -0.39 is 5.97 Å². The lowest BCUT2D eigenvalue weighted by Gasteiger charge is -2.32. The van der Waals surface area contributed by atoms with E-state index in [9.17, 15) is 9.59 Å². The molecule has 0 saturated heterocycles. The maximum absolute atomic E-state index is 14.1. The lowest BCUT2D eigenvalue weighted by molar-refractivity contribution is 0.0526. The number of rotatable bonds is 4. The number of carbonyl (C=O) groups excluding carboxylic acids is 2. The predicted octanol–water partition coefficient (Wildman–Crippen LogP) is 6.49. The van der Waals surface area contributed by atoms with Gasteiger partial charge in [0.1, 0.15) is 5.00 Å². The molecule has 2 aliphatic heterocycles. The Labute approximate surface area is 236 Å². The second-order valence-electron chi connectivity index (χ2n) is 9.89. The molecule has 4 aromatic rings. The number of urea groups is 1. The first-order valence-corrected chi connectivity index (χ1v) is 14.2. The van der Waals surface area contributed by atoms with Gasteiger partial charge in [-0.1, -0.05) is 29.8 Å². The van der Waals surface area contributed by atoms with Crippen LogP contribution in [0.4, 0.5) is 10.5 Å². The van der Waals surface area contributed by atoms with Crippen LogP contribution < -0.4 is 5.32 Å². The normalized spacial score (nSPS) is 16.6. The second kappa shape index (κ2) is 10.5. The molecule has 1 unspecified atom stereocenters. The number of aromatic nitrogens is 1. The lowest BCUT2D eigenvalue weighted by Crippen LogP contribution is -2.38. The number of benzene rings is 2. The number of nitrogens with zero attached hydrogens (tertiary/aromatic N) is 3. The van der Waals surface area contributed by atoms with Gasteiger partial charge in [0, 0.05) is 40.4 Å². The average Bonchev–Trinajstić information content (AvgIpc) is 3.51. The number of carbonyl (C=O) groups is 2. The highest BCUT2D eigenvalue weighted by Gasteiger charge is 2.36. The van der Waals surface area contributed by atoms with Gasteiger partial charge in [-0.05, 0) is 74.0 Å². The van der Waals surface area contributed by atoms with Crippen molar-refractivity contribution in [3.8, 4) is 5.00 Å². The topological polar surface area (TPSA) is 66.8 Å². The summed E-state index contributed by atoms with van der Waals surface area (Å²) in [6.45, 7) is 4.42. The Morgan fingerprint density at radius 1 is 1.08 bits per heavy atom. The number of thiophene rings is 1. The first-order chi connectivity index (χ1) is 18.9. The van der Waals surface area contributed by atoms with E-state index in [1.165, 1.54) is 21.0 Å². The number of anilines is 1. The number of amides is 2. The minimum absolute atomic E-state index is 0.246. The fraction of sp³-hybridized carbons (Fsp3) is 0.267. The van der Waals surface area contributed by atoms with Crippen molar-refractivity contribution in [2.24, 2.45) is 0 Å². The van der Waals surface area contributed by atoms with Crippen LogP contribution in [-0.4, -0.2) is 46.6 Å². The molecule has 1 N–H and O–H groups in total. The molecule has 200 valence electrons. The number of esters is 1. The molecule has 39 heavy (non-hydrogen) atoms. The van der Waals surface area contributed by atoms with Crippen molar-refractivity contribution in [3.63, 3.8) is 0 Å². The van der Waals surface area contributed by atoms with Gasteiger partial charge in [0.25, 0.3) is 0 Å². The van der Waals surface area contributed by atoms with Crippen molar-refractivity contribution < 1.29 is 14.3 Å². The first kappa shape index (κ1) is 25.7. The minimum atomic E-state index is -0.417. The molecule has 9 heteroatoms. The van der Waals surface area contributed by atoms with E-state index in [1.807, 2.05) is 46.6 Å². The van der Waals surface area contributed by atoms with E-state index in [-0.39, 0.29) is 18.7 Å². The SMILES string of the molecule is CCOC(=O)c1cccc(NC(=O)N2Cc3c(sc4c3CCN(C)C4)-n3cccc3C2c2ccc(Cl)cc2)c1. The molecule has 2 aromatic heterocycles. The number of hydrogen-bond donors (Lipinski definition) is 1. The van der Waals surface area contributed by atoms with Crippen LogP contribution in [0.3, 0.4) is 0 Å². The molecule has 6 rings (SSSR count). The fourth-order valence-electron chi connectivity index (χ4n) is 5.48. The molecule has 4 heterocycles. The van der Waals surface area contributed by atoms with Crippen molar-refractivity contribution >= 4 is 40.6 Å². The minimum Gasteiger partial charge on any atom is -0.462 e. The molecule has 2 amide bonds. The van der Waals surface area contributed by atoms with Gasteiger partial charge < -0.3 is 24.4 Å². The molecule has 2 aromatic carbocycles. The summed E-state index contributed by atoms with van der Waals surface area (Å²) in [6, 6.07) is 18.1. The molecule has 0 radical (unpaired) electrons. The Morgan fingerprint density at radius 3 is 2.69 bits per heavy atom. The Hall–Kier alpha value is -3.59. The highest BCUT2D eigenvalue weighted by molar-refractivity contribution is 7.15.